The van der Waals surface area contributed by atoms with E-state index in [4.69, 9.17) is 11.6 Å². The molecule has 3 rings (SSSR count). The lowest BCUT2D eigenvalue weighted by atomic mass is 10.1. The van der Waals surface area contributed by atoms with Crippen molar-refractivity contribution in [3.8, 4) is 0 Å². The Hall–Kier alpha value is -2.34. The monoisotopic (exact) mass is 346 g/mol. The van der Waals surface area contributed by atoms with Crippen LogP contribution < -0.4 is 15.8 Å². The Bertz CT molecular complexity index is 770. The van der Waals surface area contributed by atoms with Crippen LogP contribution in [0, 0.1) is 0 Å². The number of rotatable bonds is 4. The van der Waals surface area contributed by atoms with Gasteiger partial charge in [-0.1, -0.05) is 29.8 Å². The van der Waals surface area contributed by atoms with Crippen LogP contribution in [0.3, 0.4) is 0 Å². The van der Waals surface area contributed by atoms with E-state index in [2.05, 4.69) is 15.3 Å². The molecule has 0 radical (unpaired) electrons. The maximum atomic E-state index is 12.4. The predicted octanol–water partition coefficient (Wildman–Crippen LogP) is 2.53. The Labute approximate surface area is 145 Å². The molecule has 0 atom stereocenters. The zero-order valence-corrected chi connectivity index (χ0v) is 14.0. The van der Waals surface area contributed by atoms with Gasteiger partial charge in [0, 0.05) is 18.8 Å². The van der Waals surface area contributed by atoms with Crippen molar-refractivity contribution in [1.82, 2.24) is 9.78 Å². The fourth-order valence-electron chi connectivity index (χ4n) is 2.78. The summed E-state index contributed by atoms with van der Waals surface area (Å²) in [5.74, 6) is -0.322. The second-order valence-electron chi connectivity index (χ2n) is 5.77. The topological polar surface area (TPSA) is 67.2 Å². The van der Waals surface area contributed by atoms with Crippen molar-refractivity contribution in [3.63, 3.8) is 0 Å². The summed E-state index contributed by atoms with van der Waals surface area (Å²) < 4.78 is 1.09. The van der Waals surface area contributed by atoms with E-state index in [0.29, 0.717) is 11.4 Å². The number of carbonyl (C=O) groups excluding carboxylic acids is 1. The van der Waals surface area contributed by atoms with Gasteiger partial charge in [0.1, 0.15) is 11.6 Å². The highest BCUT2D eigenvalue weighted by Crippen LogP contribution is 2.24. The molecule has 126 valence electrons. The number of nitrogens with one attached hydrogen (secondary N) is 1. The summed E-state index contributed by atoms with van der Waals surface area (Å²) in [6.45, 7) is 1.58. The van der Waals surface area contributed by atoms with Gasteiger partial charge in [-0.15, -0.1) is 0 Å². The second-order valence-corrected chi connectivity index (χ2v) is 6.15. The zero-order valence-electron chi connectivity index (χ0n) is 13.2. The number of amides is 1. The molecule has 7 heteroatoms. The molecule has 0 spiro atoms. The molecule has 2 aromatic rings. The molecule has 0 aliphatic carbocycles. The first-order chi connectivity index (χ1) is 11.6. The Kier molecular flexibility index (Phi) is 5.15. The van der Waals surface area contributed by atoms with Crippen LogP contribution in [0.2, 0.25) is 5.02 Å². The summed E-state index contributed by atoms with van der Waals surface area (Å²) >= 11 is 6.23. The average Bonchev–Trinajstić information content (AvgIpc) is 2.61. The SMILES string of the molecule is O=C(Cn1ncc(N2CCCCC2)c(Cl)c1=O)Nc1ccccc1. The molecule has 1 amide bonds. The minimum atomic E-state index is -0.442. The third-order valence-electron chi connectivity index (χ3n) is 4.01. The highest BCUT2D eigenvalue weighted by atomic mass is 35.5. The predicted molar refractivity (Wildman–Crippen MR) is 94.6 cm³/mol. The van der Waals surface area contributed by atoms with Gasteiger partial charge in [0.2, 0.25) is 5.91 Å². The molecule has 1 aromatic heterocycles. The lowest BCUT2D eigenvalue weighted by Gasteiger charge is -2.29. The van der Waals surface area contributed by atoms with Crippen LogP contribution in [0.15, 0.2) is 41.3 Å². The van der Waals surface area contributed by atoms with Crippen molar-refractivity contribution in [2.45, 2.75) is 25.8 Å². The number of piperidine rings is 1. The zero-order chi connectivity index (χ0) is 16.9. The minimum absolute atomic E-state index is 0.124. The van der Waals surface area contributed by atoms with Crippen LogP contribution in [-0.4, -0.2) is 28.8 Å². The number of hydrogen-bond acceptors (Lipinski definition) is 4. The van der Waals surface area contributed by atoms with Gasteiger partial charge in [-0.05, 0) is 31.4 Å². The summed E-state index contributed by atoms with van der Waals surface area (Å²) in [6, 6.07) is 9.07. The molecule has 0 unspecified atom stereocenters. The van der Waals surface area contributed by atoms with Crippen LogP contribution in [0.5, 0.6) is 0 Å². The summed E-state index contributed by atoms with van der Waals surface area (Å²) in [7, 11) is 0. The normalized spacial score (nSPS) is 14.5. The van der Waals surface area contributed by atoms with Gasteiger partial charge in [0.15, 0.2) is 0 Å². The van der Waals surface area contributed by atoms with E-state index in [0.717, 1.165) is 30.6 Å². The fourth-order valence-corrected chi connectivity index (χ4v) is 3.05. The lowest BCUT2D eigenvalue weighted by molar-refractivity contribution is -0.117. The molecule has 24 heavy (non-hydrogen) atoms. The van der Waals surface area contributed by atoms with Gasteiger partial charge < -0.3 is 10.2 Å². The molecule has 1 N–H and O–H groups in total. The first-order valence-electron chi connectivity index (χ1n) is 8.00. The number of para-hydroxylation sites is 1. The quantitative estimate of drug-likeness (QED) is 0.923. The van der Waals surface area contributed by atoms with Crippen LogP contribution in [-0.2, 0) is 11.3 Å². The molecule has 6 nitrogen and oxygen atoms in total. The maximum Gasteiger partial charge on any atom is 0.288 e. The van der Waals surface area contributed by atoms with E-state index >= 15 is 0 Å². The summed E-state index contributed by atoms with van der Waals surface area (Å²) in [6.07, 6.45) is 4.93. The Morgan fingerprint density at radius 2 is 1.88 bits per heavy atom. The van der Waals surface area contributed by atoms with Crippen LogP contribution in [0.4, 0.5) is 11.4 Å². The molecule has 2 heterocycles. The van der Waals surface area contributed by atoms with E-state index in [9.17, 15) is 9.59 Å². The largest absolute Gasteiger partial charge is 0.369 e. The van der Waals surface area contributed by atoms with Crippen LogP contribution >= 0.6 is 11.6 Å². The van der Waals surface area contributed by atoms with E-state index < -0.39 is 5.56 Å². The average molecular weight is 347 g/mol. The number of carbonyl (C=O) groups is 1. The smallest absolute Gasteiger partial charge is 0.288 e. The van der Waals surface area contributed by atoms with Crippen molar-refractivity contribution in [1.29, 1.82) is 0 Å². The lowest BCUT2D eigenvalue weighted by Crippen LogP contribution is -2.34. The van der Waals surface area contributed by atoms with Crippen LogP contribution in [0.25, 0.3) is 0 Å². The van der Waals surface area contributed by atoms with E-state index in [1.54, 1.807) is 18.3 Å². The Morgan fingerprint density at radius 3 is 2.58 bits per heavy atom. The van der Waals surface area contributed by atoms with Gasteiger partial charge in [0.25, 0.3) is 5.56 Å². The van der Waals surface area contributed by atoms with Gasteiger partial charge in [-0.3, -0.25) is 9.59 Å². The summed E-state index contributed by atoms with van der Waals surface area (Å²) in [4.78, 5) is 26.5. The number of nitrogens with zero attached hydrogens (tertiary/aromatic N) is 3. The Balaban J connectivity index is 1.73. The molecule has 0 saturated carbocycles. The summed E-state index contributed by atoms with van der Waals surface area (Å²) in [5, 5.41) is 6.96. The fraction of sp³-hybridized carbons (Fsp3) is 0.353. The molecular weight excluding hydrogens is 328 g/mol. The molecule has 1 aromatic carbocycles. The molecule has 1 aliphatic rings. The highest BCUT2D eigenvalue weighted by Gasteiger charge is 2.18. The molecule has 0 bridgehead atoms. The summed E-state index contributed by atoms with van der Waals surface area (Å²) in [5.41, 5.74) is 0.885. The van der Waals surface area contributed by atoms with Gasteiger partial charge in [-0.25, -0.2) is 4.68 Å². The number of anilines is 2. The van der Waals surface area contributed by atoms with Crippen molar-refractivity contribution in [2.75, 3.05) is 23.3 Å². The van der Waals surface area contributed by atoms with E-state index in [1.807, 2.05) is 18.2 Å². The van der Waals surface area contributed by atoms with Crippen molar-refractivity contribution >= 4 is 28.9 Å². The van der Waals surface area contributed by atoms with Crippen molar-refractivity contribution in [2.24, 2.45) is 0 Å². The number of aromatic nitrogens is 2. The molecular formula is C17H19ClN4O2. The van der Waals surface area contributed by atoms with Gasteiger partial charge >= 0.3 is 0 Å². The Morgan fingerprint density at radius 1 is 1.17 bits per heavy atom. The van der Waals surface area contributed by atoms with Crippen LogP contribution in [0.1, 0.15) is 19.3 Å². The van der Waals surface area contributed by atoms with E-state index in [-0.39, 0.29) is 17.5 Å². The molecule has 1 aliphatic heterocycles. The number of hydrogen-bond donors (Lipinski definition) is 1. The third-order valence-corrected chi connectivity index (χ3v) is 4.37. The van der Waals surface area contributed by atoms with Gasteiger partial charge in [0.05, 0.1) is 11.9 Å². The highest BCUT2D eigenvalue weighted by molar-refractivity contribution is 6.33. The standard InChI is InChI=1S/C17H19ClN4O2/c18-16-14(21-9-5-2-6-10-21)11-19-22(17(16)24)12-15(23)20-13-7-3-1-4-8-13/h1,3-4,7-8,11H,2,5-6,9-10,12H2,(H,20,23). The first-order valence-corrected chi connectivity index (χ1v) is 8.38. The third kappa shape index (κ3) is 3.76. The number of halogens is 1. The number of benzene rings is 1. The van der Waals surface area contributed by atoms with Crippen molar-refractivity contribution < 1.29 is 4.79 Å². The first kappa shape index (κ1) is 16.5. The maximum absolute atomic E-state index is 12.4. The van der Waals surface area contributed by atoms with E-state index in [1.165, 1.54) is 6.42 Å². The molecule has 1 fully saturated rings. The second kappa shape index (κ2) is 7.49. The molecule has 1 saturated heterocycles. The van der Waals surface area contributed by atoms with Gasteiger partial charge in [-0.2, -0.15) is 5.10 Å². The van der Waals surface area contributed by atoms with Crippen molar-refractivity contribution in [3.05, 3.63) is 51.9 Å². The minimum Gasteiger partial charge on any atom is -0.369 e.